The molecule has 21 heavy (non-hydrogen) atoms. The summed E-state index contributed by atoms with van der Waals surface area (Å²) < 4.78 is 17.2. The highest BCUT2D eigenvalue weighted by atomic mass is 19.1. The van der Waals surface area contributed by atoms with Crippen LogP contribution < -0.4 is 15.6 Å². The Kier molecular flexibility index (Phi) is 6.45. The minimum absolute atomic E-state index is 0.184. The molecular formula is C14H19FN2O4. The highest BCUT2D eigenvalue weighted by Crippen LogP contribution is 2.10. The van der Waals surface area contributed by atoms with Gasteiger partial charge in [-0.1, -0.05) is 13.8 Å². The lowest BCUT2D eigenvalue weighted by Crippen LogP contribution is -2.48. The fourth-order valence-corrected chi connectivity index (χ4v) is 1.59. The van der Waals surface area contributed by atoms with Crippen LogP contribution in [0, 0.1) is 11.7 Å². The van der Waals surface area contributed by atoms with Crippen LogP contribution in [-0.2, 0) is 9.53 Å². The summed E-state index contributed by atoms with van der Waals surface area (Å²) in [6, 6.07) is 4.39. The van der Waals surface area contributed by atoms with Gasteiger partial charge in [-0.2, -0.15) is 5.48 Å². The fourth-order valence-electron chi connectivity index (χ4n) is 1.59. The van der Waals surface area contributed by atoms with Gasteiger partial charge in [0.2, 0.25) is 0 Å². The number of hydrogen-bond donors (Lipinski definition) is 2. The Morgan fingerprint density at radius 3 is 2.38 bits per heavy atom. The zero-order chi connectivity index (χ0) is 15.8. The molecule has 0 aliphatic carbocycles. The van der Waals surface area contributed by atoms with E-state index in [4.69, 9.17) is 4.84 Å². The van der Waals surface area contributed by atoms with Crippen molar-refractivity contribution in [1.82, 2.24) is 10.8 Å². The van der Waals surface area contributed by atoms with E-state index in [0.717, 1.165) is 0 Å². The number of benzene rings is 1. The van der Waals surface area contributed by atoms with Crippen LogP contribution in [0.25, 0.3) is 0 Å². The summed E-state index contributed by atoms with van der Waals surface area (Å²) in [4.78, 5) is 28.3. The zero-order valence-corrected chi connectivity index (χ0v) is 12.2. The van der Waals surface area contributed by atoms with Crippen molar-refractivity contribution in [3.05, 3.63) is 30.1 Å². The number of ether oxygens (including phenoxy) is 1. The normalized spacial score (nSPS) is 11.7. The second-order valence-corrected chi connectivity index (χ2v) is 4.84. The summed E-state index contributed by atoms with van der Waals surface area (Å²) in [7, 11) is 1.22. The first kappa shape index (κ1) is 16.7. The number of carbonyl (C=O) groups excluding carboxylic acids is 2. The van der Waals surface area contributed by atoms with Gasteiger partial charge in [-0.05, 0) is 36.6 Å². The smallest absolute Gasteiger partial charge is 0.407 e. The molecule has 0 fully saturated rings. The molecule has 7 heteroatoms. The maximum atomic E-state index is 12.7. The van der Waals surface area contributed by atoms with E-state index in [1.807, 2.05) is 13.8 Å². The largest absolute Gasteiger partial charge is 0.453 e. The molecule has 0 aliphatic rings. The summed E-state index contributed by atoms with van der Waals surface area (Å²) >= 11 is 0. The van der Waals surface area contributed by atoms with Crippen LogP contribution in [0.15, 0.2) is 24.3 Å². The van der Waals surface area contributed by atoms with Crippen molar-refractivity contribution in [1.29, 1.82) is 0 Å². The van der Waals surface area contributed by atoms with Crippen LogP contribution in [0.3, 0.4) is 0 Å². The summed E-state index contributed by atoms with van der Waals surface area (Å²) in [5, 5.41) is 2.43. The lowest BCUT2D eigenvalue weighted by molar-refractivity contribution is -0.130. The third kappa shape index (κ3) is 6.11. The van der Waals surface area contributed by atoms with Crippen molar-refractivity contribution in [2.24, 2.45) is 5.92 Å². The molecule has 0 bridgehead atoms. The molecule has 0 saturated heterocycles. The summed E-state index contributed by atoms with van der Waals surface area (Å²) in [6.07, 6.45) is -0.272. The third-order valence-electron chi connectivity index (χ3n) is 2.58. The molecule has 1 aromatic rings. The van der Waals surface area contributed by atoms with Crippen LogP contribution >= 0.6 is 0 Å². The van der Waals surface area contributed by atoms with E-state index in [-0.39, 0.29) is 11.7 Å². The Bertz CT molecular complexity index is 476. The lowest BCUT2D eigenvalue weighted by Gasteiger charge is -2.19. The molecule has 2 N–H and O–H groups in total. The number of nitrogens with one attached hydrogen (secondary N) is 2. The van der Waals surface area contributed by atoms with Gasteiger partial charge in [0.15, 0.2) is 5.75 Å². The molecule has 1 atom stereocenters. The topological polar surface area (TPSA) is 76.7 Å². The Hall–Kier alpha value is -2.31. The average Bonchev–Trinajstić information content (AvgIpc) is 2.45. The van der Waals surface area contributed by atoms with Crippen LogP contribution in [-0.4, -0.2) is 25.2 Å². The van der Waals surface area contributed by atoms with E-state index in [9.17, 15) is 14.0 Å². The number of amides is 2. The molecule has 0 spiro atoms. The predicted molar refractivity (Wildman–Crippen MR) is 74.0 cm³/mol. The molecule has 0 aliphatic heterocycles. The molecular weight excluding hydrogens is 279 g/mol. The lowest BCUT2D eigenvalue weighted by atomic mass is 10.0. The van der Waals surface area contributed by atoms with Crippen molar-refractivity contribution >= 4 is 12.0 Å². The number of carbonyl (C=O) groups is 2. The molecule has 1 unspecified atom stereocenters. The number of halogens is 1. The minimum atomic E-state index is -0.780. The summed E-state index contributed by atoms with van der Waals surface area (Å²) in [6.45, 7) is 3.83. The van der Waals surface area contributed by atoms with Crippen molar-refractivity contribution in [3.63, 3.8) is 0 Å². The second-order valence-electron chi connectivity index (χ2n) is 4.84. The van der Waals surface area contributed by atoms with Gasteiger partial charge in [0, 0.05) is 0 Å². The quantitative estimate of drug-likeness (QED) is 0.788. The Balaban J connectivity index is 2.58. The van der Waals surface area contributed by atoms with Gasteiger partial charge in [0.05, 0.1) is 7.11 Å². The number of hydroxylamine groups is 1. The predicted octanol–water partition coefficient (Wildman–Crippen LogP) is 2.01. The van der Waals surface area contributed by atoms with Crippen LogP contribution in [0.2, 0.25) is 0 Å². The molecule has 6 nitrogen and oxygen atoms in total. The van der Waals surface area contributed by atoms with E-state index in [0.29, 0.717) is 6.42 Å². The van der Waals surface area contributed by atoms with Crippen LogP contribution in [0.1, 0.15) is 20.3 Å². The SMILES string of the molecule is COC(=O)NC(CC(C)C)C(=O)NOc1ccc(F)cc1. The van der Waals surface area contributed by atoms with Gasteiger partial charge < -0.3 is 14.9 Å². The molecule has 0 aromatic heterocycles. The van der Waals surface area contributed by atoms with Gasteiger partial charge in [0.25, 0.3) is 5.91 Å². The third-order valence-corrected chi connectivity index (χ3v) is 2.58. The van der Waals surface area contributed by atoms with Gasteiger partial charge in [0.1, 0.15) is 11.9 Å². The average molecular weight is 298 g/mol. The molecule has 0 saturated carbocycles. The fraction of sp³-hybridized carbons (Fsp3) is 0.429. The Morgan fingerprint density at radius 2 is 1.86 bits per heavy atom. The molecule has 0 heterocycles. The first-order chi connectivity index (χ1) is 9.92. The first-order valence-corrected chi connectivity index (χ1v) is 6.49. The van der Waals surface area contributed by atoms with E-state index >= 15 is 0 Å². The van der Waals surface area contributed by atoms with Gasteiger partial charge >= 0.3 is 6.09 Å². The number of rotatable bonds is 6. The number of hydrogen-bond acceptors (Lipinski definition) is 4. The van der Waals surface area contributed by atoms with E-state index in [2.05, 4.69) is 15.5 Å². The summed E-state index contributed by atoms with van der Waals surface area (Å²) in [5.41, 5.74) is 2.22. The van der Waals surface area contributed by atoms with E-state index < -0.39 is 23.9 Å². The first-order valence-electron chi connectivity index (χ1n) is 6.49. The maximum Gasteiger partial charge on any atom is 0.407 e. The van der Waals surface area contributed by atoms with Crippen molar-refractivity contribution in [3.8, 4) is 5.75 Å². The van der Waals surface area contributed by atoms with Crippen molar-refractivity contribution < 1.29 is 23.6 Å². The highest BCUT2D eigenvalue weighted by Gasteiger charge is 2.22. The summed E-state index contributed by atoms with van der Waals surface area (Å²) in [5.74, 6) is -0.452. The number of alkyl carbamates (subject to hydrolysis) is 1. The molecule has 2 amide bonds. The number of methoxy groups -OCH3 is 1. The van der Waals surface area contributed by atoms with E-state index in [1.165, 1.54) is 31.4 Å². The molecule has 1 aromatic carbocycles. The zero-order valence-electron chi connectivity index (χ0n) is 12.2. The van der Waals surface area contributed by atoms with Gasteiger partial charge in [-0.3, -0.25) is 4.79 Å². The maximum absolute atomic E-state index is 12.7. The van der Waals surface area contributed by atoms with Gasteiger partial charge in [-0.15, -0.1) is 0 Å². The van der Waals surface area contributed by atoms with Crippen LogP contribution in [0.4, 0.5) is 9.18 Å². The van der Waals surface area contributed by atoms with Gasteiger partial charge in [-0.25, -0.2) is 9.18 Å². The molecule has 116 valence electrons. The Labute approximate surface area is 122 Å². The molecule has 0 radical (unpaired) electrons. The van der Waals surface area contributed by atoms with E-state index in [1.54, 1.807) is 0 Å². The van der Waals surface area contributed by atoms with Crippen molar-refractivity contribution in [2.75, 3.05) is 7.11 Å². The minimum Gasteiger partial charge on any atom is -0.453 e. The second kappa shape index (κ2) is 8.08. The monoisotopic (exact) mass is 298 g/mol. The highest BCUT2D eigenvalue weighted by molar-refractivity contribution is 5.84. The molecule has 1 rings (SSSR count). The van der Waals surface area contributed by atoms with Crippen LogP contribution in [0.5, 0.6) is 5.75 Å². The standard InChI is InChI=1S/C14H19FN2O4/c1-9(2)8-12(16-14(19)20-3)13(18)17-21-11-6-4-10(15)5-7-11/h4-7,9,12H,8H2,1-3H3,(H,16,19)(H,17,18). The van der Waals surface area contributed by atoms with Crippen molar-refractivity contribution in [2.45, 2.75) is 26.3 Å². The Morgan fingerprint density at radius 1 is 1.24 bits per heavy atom.